The lowest BCUT2D eigenvalue weighted by atomic mass is 10.2. The third kappa shape index (κ3) is 6.13. The van der Waals surface area contributed by atoms with E-state index < -0.39 is 0 Å². The van der Waals surface area contributed by atoms with Gasteiger partial charge in [0, 0.05) is 17.6 Å². The predicted molar refractivity (Wildman–Crippen MR) is 103 cm³/mol. The SMILES string of the molecule is COc1ccc(NC(=O)CN(C)CCOc2ccc(Cl)cc2)c(OC)c1. The standard InChI is InChI=1S/C19H23ClN2O4/c1-22(10-11-26-15-6-4-14(20)5-7-15)13-19(23)21-17-9-8-16(24-2)12-18(17)25-3/h4-9,12H,10-11,13H2,1-3H3,(H,21,23). The molecule has 0 saturated carbocycles. The topological polar surface area (TPSA) is 60.0 Å². The molecule has 2 rings (SSSR count). The fraction of sp³-hybridized carbons (Fsp3) is 0.316. The quantitative estimate of drug-likeness (QED) is 0.725. The zero-order valence-electron chi connectivity index (χ0n) is 15.1. The van der Waals surface area contributed by atoms with Gasteiger partial charge in [-0.15, -0.1) is 0 Å². The number of rotatable bonds is 9. The Bertz CT molecular complexity index is 722. The van der Waals surface area contributed by atoms with Crippen molar-refractivity contribution in [3.8, 4) is 17.2 Å². The number of carbonyl (C=O) groups excluding carboxylic acids is 1. The molecule has 0 aliphatic rings. The van der Waals surface area contributed by atoms with Crippen molar-refractivity contribution in [2.75, 3.05) is 46.3 Å². The number of carbonyl (C=O) groups is 1. The number of nitrogens with one attached hydrogen (secondary N) is 1. The number of hydrogen-bond acceptors (Lipinski definition) is 5. The second-order valence-electron chi connectivity index (χ2n) is 5.65. The van der Waals surface area contributed by atoms with Gasteiger partial charge in [-0.05, 0) is 43.4 Å². The van der Waals surface area contributed by atoms with Crippen molar-refractivity contribution < 1.29 is 19.0 Å². The first-order valence-corrected chi connectivity index (χ1v) is 8.48. The summed E-state index contributed by atoms with van der Waals surface area (Å²) in [7, 11) is 4.98. The van der Waals surface area contributed by atoms with Gasteiger partial charge in [0.2, 0.25) is 5.91 Å². The van der Waals surface area contributed by atoms with Crippen LogP contribution in [0.1, 0.15) is 0 Å². The van der Waals surface area contributed by atoms with Gasteiger partial charge < -0.3 is 19.5 Å². The molecule has 0 spiro atoms. The number of anilines is 1. The number of likely N-dealkylation sites (N-methyl/N-ethyl adjacent to an activating group) is 1. The van der Waals surface area contributed by atoms with E-state index >= 15 is 0 Å². The molecular weight excluding hydrogens is 356 g/mol. The molecule has 0 aliphatic carbocycles. The Labute approximate surface area is 158 Å². The average Bonchev–Trinajstić information content (AvgIpc) is 2.63. The summed E-state index contributed by atoms with van der Waals surface area (Å²) >= 11 is 5.83. The van der Waals surface area contributed by atoms with Crippen molar-refractivity contribution in [2.24, 2.45) is 0 Å². The molecule has 0 aliphatic heterocycles. The smallest absolute Gasteiger partial charge is 0.238 e. The van der Waals surface area contributed by atoms with Crippen LogP contribution in [-0.2, 0) is 4.79 Å². The van der Waals surface area contributed by atoms with Crippen molar-refractivity contribution in [1.29, 1.82) is 0 Å². The average molecular weight is 379 g/mol. The van der Waals surface area contributed by atoms with Crippen molar-refractivity contribution >= 4 is 23.2 Å². The van der Waals surface area contributed by atoms with E-state index in [9.17, 15) is 4.79 Å². The van der Waals surface area contributed by atoms with Gasteiger partial charge in [-0.2, -0.15) is 0 Å². The lowest BCUT2D eigenvalue weighted by Crippen LogP contribution is -2.33. The summed E-state index contributed by atoms with van der Waals surface area (Å²) in [5, 5.41) is 3.51. The van der Waals surface area contributed by atoms with Crippen molar-refractivity contribution in [3.63, 3.8) is 0 Å². The molecule has 1 N–H and O–H groups in total. The summed E-state index contributed by atoms with van der Waals surface area (Å²) in [6.07, 6.45) is 0. The molecule has 26 heavy (non-hydrogen) atoms. The maximum absolute atomic E-state index is 12.2. The van der Waals surface area contributed by atoms with E-state index in [1.165, 1.54) is 0 Å². The zero-order chi connectivity index (χ0) is 18.9. The zero-order valence-corrected chi connectivity index (χ0v) is 15.9. The van der Waals surface area contributed by atoms with Crippen molar-refractivity contribution in [3.05, 3.63) is 47.5 Å². The fourth-order valence-corrected chi connectivity index (χ4v) is 2.39. The molecule has 0 unspecified atom stereocenters. The summed E-state index contributed by atoms with van der Waals surface area (Å²) in [6.45, 7) is 1.31. The van der Waals surface area contributed by atoms with Gasteiger partial charge in [0.05, 0.1) is 26.5 Å². The number of benzene rings is 2. The van der Waals surface area contributed by atoms with Crippen LogP contribution in [0.3, 0.4) is 0 Å². The van der Waals surface area contributed by atoms with Gasteiger partial charge in [0.1, 0.15) is 23.9 Å². The third-order valence-electron chi connectivity index (χ3n) is 3.65. The summed E-state index contributed by atoms with van der Waals surface area (Å²) in [6, 6.07) is 12.4. The van der Waals surface area contributed by atoms with E-state index in [0.717, 1.165) is 5.75 Å². The largest absolute Gasteiger partial charge is 0.497 e. The minimum atomic E-state index is -0.137. The molecule has 6 nitrogen and oxygen atoms in total. The van der Waals surface area contributed by atoms with Crippen LogP contribution >= 0.6 is 11.6 Å². The van der Waals surface area contributed by atoms with E-state index in [1.807, 2.05) is 24.1 Å². The van der Waals surface area contributed by atoms with E-state index in [4.69, 9.17) is 25.8 Å². The third-order valence-corrected chi connectivity index (χ3v) is 3.90. The Kier molecular flexibility index (Phi) is 7.56. The minimum absolute atomic E-state index is 0.137. The summed E-state index contributed by atoms with van der Waals surface area (Å²) in [5.74, 6) is 1.82. The molecule has 0 bridgehead atoms. The van der Waals surface area contributed by atoms with Crippen LogP contribution in [0.5, 0.6) is 17.2 Å². The Balaban J connectivity index is 1.79. The van der Waals surface area contributed by atoms with Gasteiger partial charge in [-0.1, -0.05) is 11.6 Å². The molecule has 7 heteroatoms. The van der Waals surface area contributed by atoms with Gasteiger partial charge >= 0.3 is 0 Å². The maximum Gasteiger partial charge on any atom is 0.238 e. The Hall–Kier alpha value is -2.44. The molecule has 1 amide bonds. The Morgan fingerprint density at radius 3 is 2.42 bits per heavy atom. The minimum Gasteiger partial charge on any atom is -0.497 e. The second kappa shape index (κ2) is 9.89. The van der Waals surface area contributed by atoms with Crippen LogP contribution < -0.4 is 19.5 Å². The molecular formula is C19H23ClN2O4. The number of nitrogens with zero attached hydrogens (tertiary/aromatic N) is 1. The first-order valence-electron chi connectivity index (χ1n) is 8.10. The molecule has 2 aromatic rings. The molecule has 0 aromatic heterocycles. The van der Waals surface area contributed by atoms with Crippen LogP contribution in [0.2, 0.25) is 5.02 Å². The number of halogens is 1. The van der Waals surface area contributed by atoms with Crippen LogP contribution in [0.4, 0.5) is 5.69 Å². The highest BCUT2D eigenvalue weighted by molar-refractivity contribution is 6.30. The maximum atomic E-state index is 12.2. The molecule has 0 fully saturated rings. The Morgan fingerprint density at radius 2 is 1.77 bits per heavy atom. The molecule has 0 saturated heterocycles. The molecule has 0 atom stereocenters. The van der Waals surface area contributed by atoms with Gasteiger partial charge in [0.25, 0.3) is 0 Å². The van der Waals surface area contributed by atoms with Gasteiger partial charge in [-0.3, -0.25) is 9.69 Å². The number of methoxy groups -OCH3 is 2. The van der Waals surface area contributed by atoms with Crippen LogP contribution in [0.15, 0.2) is 42.5 Å². The predicted octanol–water partition coefficient (Wildman–Crippen LogP) is 3.31. The lowest BCUT2D eigenvalue weighted by molar-refractivity contribution is -0.117. The number of ether oxygens (including phenoxy) is 3. The molecule has 140 valence electrons. The van der Waals surface area contributed by atoms with E-state index in [2.05, 4.69) is 5.32 Å². The number of amides is 1. The molecule has 2 aromatic carbocycles. The first-order chi connectivity index (χ1) is 12.5. The monoisotopic (exact) mass is 378 g/mol. The van der Waals surface area contributed by atoms with Gasteiger partial charge in [0.15, 0.2) is 0 Å². The summed E-state index contributed by atoms with van der Waals surface area (Å²) < 4.78 is 16.1. The Morgan fingerprint density at radius 1 is 1.08 bits per heavy atom. The van der Waals surface area contributed by atoms with E-state index in [-0.39, 0.29) is 12.5 Å². The molecule has 0 radical (unpaired) electrons. The van der Waals surface area contributed by atoms with Crippen LogP contribution in [-0.4, -0.2) is 51.8 Å². The highest BCUT2D eigenvalue weighted by Gasteiger charge is 2.11. The van der Waals surface area contributed by atoms with Gasteiger partial charge in [-0.25, -0.2) is 0 Å². The highest BCUT2D eigenvalue weighted by Crippen LogP contribution is 2.28. The first kappa shape index (κ1) is 19.9. The van der Waals surface area contributed by atoms with Crippen LogP contribution in [0.25, 0.3) is 0 Å². The second-order valence-corrected chi connectivity index (χ2v) is 6.09. The van der Waals surface area contributed by atoms with Crippen LogP contribution in [0, 0.1) is 0 Å². The summed E-state index contributed by atoms with van der Waals surface area (Å²) in [5.41, 5.74) is 0.601. The van der Waals surface area contributed by atoms with E-state index in [0.29, 0.717) is 35.4 Å². The number of hydrogen-bond donors (Lipinski definition) is 1. The van der Waals surface area contributed by atoms with E-state index in [1.54, 1.807) is 44.6 Å². The molecule has 0 heterocycles. The normalized spacial score (nSPS) is 10.5. The van der Waals surface area contributed by atoms with Crippen molar-refractivity contribution in [2.45, 2.75) is 0 Å². The summed E-state index contributed by atoms with van der Waals surface area (Å²) in [4.78, 5) is 14.1. The fourth-order valence-electron chi connectivity index (χ4n) is 2.27. The lowest BCUT2D eigenvalue weighted by Gasteiger charge is -2.17. The highest BCUT2D eigenvalue weighted by atomic mass is 35.5. The van der Waals surface area contributed by atoms with Crippen molar-refractivity contribution in [1.82, 2.24) is 4.90 Å².